The van der Waals surface area contributed by atoms with Gasteiger partial charge in [0.2, 0.25) is 0 Å². The summed E-state index contributed by atoms with van der Waals surface area (Å²) in [5, 5.41) is 2.66. The lowest BCUT2D eigenvalue weighted by atomic mass is 10.1. The Morgan fingerprint density at radius 2 is 1.79 bits per heavy atom. The molecular formula is C22H18F3N3O. The zero-order valence-electron chi connectivity index (χ0n) is 15.6. The quantitative estimate of drug-likeness (QED) is 0.641. The molecule has 0 fully saturated rings. The average molecular weight is 397 g/mol. The number of nitrogens with zero attached hydrogens (tertiary/aromatic N) is 2. The normalized spacial score (nSPS) is 15.9. The minimum absolute atomic E-state index is 0.143. The van der Waals surface area contributed by atoms with Crippen molar-refractivity contribution in [3.05, 3.63) is 83.6 Å². The summed E-state index contributed by atoms with van der Waals surface area (Å²) in [6, 6.07) is 16.1. The second kappa shape index (κ2) is 7.24. The van der Waals surface area contributed by atoms with Crippen molar-refractivity contribution in [2.75, 3.05) is 10.2 Å². The summed E-state index contributed by atoms with van der Waals surface area (Å²) in [6.07, 6.45) is -1.95. The number of nitrogens with one attached hydrogen (secondary N) is 1. The van der Waals surface area contributed by atoms with Gasteiger partial charge in [-0.1, -0.05) is 18.2 Å². The molecule has 2 heterocycles. The lowest BCUT2D eigenvalue weighted by Gasteiger charge is -2.24. The number of anilines is 3. The first-order chi connectivity index (χ1) is 13.8. The van der Waals surface area contributed by atoms with E-state index in [9.17, 15) is 18.0 Å². The summed E-state index contributed by atoms with van der Waals surface area (Å²) in [7, 11) is 0. The zero-order chi connectivity index (χ0) is 20.6. The van der Waals surface area contributed by atoms with Crippen molar-refractivity contribution in [3.8, 4) is 0 Å². The monoisotopic (exact) mass is 397 g/mol. The highest BCUT2D eigenvalue weighted by Crippen LogP contribution is 2.37. The van der Waals surface area contributed by atoms with Crippen LogP contribution in [0.1, 0.15) is 28.4 Å². The van der Waals surface area contributed by atoms with E-state index in [4.69, 9.17) is 0 Å². The number of halogens is 3. The van der Waals surface area contributed by atoms with E-state index >= 15 is 0 Å². The number of aromatic nitrogens is 1. The number of benzene rings is 2. The highest BCUT2D eigenvalue weighted by atomic mass is 19.4. The predicted octanol–water partition coefficient (Wildman–Crippen LogP) is 5.44. The number of carbonyl (C=O) groups is 1. The lowest BCUT2D eigenvalue weighted by molar-refractivity contribution is -0.137. The molecule has 2 aromatic carbocycles. The Morgan fingerprint density at radius 1 is 1.07 bits per heavy atom. The van der Waals surface area contributed by atoms with Gasteiger partial charge in [-0.2, -0.15) is 13.2 Å². The highest BCUT2D eigenvalue weighted by molar-refractivity contribution is 6.04. The maximum atomic E-state index is 12.6. The van der Waals surface area contributed by atoms with E-state index < -0.39 is 17.6 Å². The first-order valence-electron chi connectivity index (χ1n) is 9.15. The summed E-state index contributed by atoms with van der Waals surface area (Å²) in [6.45, 7) is 2.13. The van der Waals surface area contributed by atoms with E-state index in [1.54, 1.807) is 12.3 Å². The van der Waals surface area contributed by atoms with Gasteiger partial charge in [-0.25, -0.2) is 4.98 Å². The van der Waals surface area contributed by atoms with E-state index in [2.05, 4.69) is 34.3 Å². The Morgan fingerprint density at radius 3 is 2.45 bits per heavy atom. The molecule has 4 rings (SSSR count). The molecule has 1 unspecified atom stereocenters. The lowest BCUT2D eigenvalue weighted by Crippen LogP contribution is -2.24. The summed E-state index contributed by atoms with van der Waals surface area (Å²) < 4.78 is 37.9. The summed E-state index contributed by atoms with van der Waals surface area (Å²) >= 11 is 0. The molecule has 1 aliphatic heterocycles. The molecule has 0 spiro atoms. The van der Waals surface area contributed by atoms with Crippen LogP contribution in [0.5, 0.6) is 0 Å². The minimum atomic E-state index is -4.43. The molecule has 4 nitrogen and oxygen atoms in total. The Kier molecular flexibility index (Phi) is 4.74. The van der Waals surface area contributed by atoms with Crippen LogP contribution in [0.4, 0.5) is 30.4 Å². The Hall–Kier alpha value is -3.35. The average Bonchev–Trinajstić information content (AvgIpc) is 3.04. The Balaban J connectivity index is 1.48. The number of hydrogen-bond donors (Lipinski definition) is 1. The first kappa shape index (κ1) is 19.0. The van der Waals surface area contributed by atoms with E-state index in [1.807, 2.05) is 18.2 Å². The van der Waals surface area contributed by atoms with Crippen molar-refractivity contribution >= 4 is 23.1 Å². The molecular weight excluding hydrogens is 379 g/mol. The van der Waals surface area contributed by atoms with Gasteiger partial charge in [0, 0.05) is 17.3 Å². The van der Waals surface area contributed by atoms with Gasteiger partial charge in [-0.3, -0.25) is 4.79 Å². The number of hydrogen-bond acceptors (Lipinski definition) is 3. The molecule has 1 atom stereocenters. The van der Waals surface area contributed by atoms with Gasteiger partial charge in [0.05, 0.1) is 17.4 Å². The second-order valence-corrected chi connectivity index (χ2v) is 6.99. The van der Waals surface area contributed by atoms with E-state index in [1.165, 1.54) is 5.56 Å². The molecule has 0 saturated heterocycles. The van der Waals surface area contributed by atoms with Crippen molar-refractivity contribution in [1.29, 1.82) is 0 Å². The third kappa shape index (κ3) is 3.81. The van der Waals surface area contributed by atoms with Crippen LogP contribution in [0, 0.1) is 0 Å². The topological polar surface area (TPSA) is 45.2 Å². The van der Waals surface area contributed by atoms with Crippen molar-refractivity contribution < 1.29 is 18.0 Å². The number of rotatable bonds is 3. The van der Waals surface area contributed by atoms with Crippen molar-refractivity contribution in [2.24, 2.45) is 0 Å². The molecule has 1 aliphatic rings. The fourth-order valence-corrected chi connectivity index (χ4v) is 3.53. The standard InChI is InChI=1S/C22H18F3N3O/c1-14-12-16-4-2-3-5-19(16)28(14)20-11-10-18(13-26-20)27-21(29)15-6-8-17(9-7-15)22(23,24)25/h2-11,13-14H,12H2,1H3,(H,27,29). The van der Waals surface area contributed by atoms with Crippen LogP contribution in [0.15, 0.2) is 66.9 Å². The predicted molar refractivity (Wildman–Crippen MR) is 105 cm³/mol. The second-order valence-electron chi connectivity index (χ2n) is 6.99. The van der Waals surface area contributed by atoms with Crippen LogP contribution in [0.2, 0.25) is 0 Å². The van der Waals surface area contributed by atoms with Gasteiger partial charge >= 0.3 is 6.18 Å². The molecule has 148 valence electrons. The van der Waals surface area contributed by atoms with Gasteiger partial charge in [0.25, 0.3) is 5.91 Å². The number of pyridine rings is 1. The molecule has 1 aromatic heterocycles. The largest absolute Gasteiger partial charge is 0.416 e. The molecule has 0 saturated carbocycles. The molecule has 7 heteroatoms. The first-order valence-corrected chi connectivity index (χ1v) is 9.15. The van der Waals surface area contributed by atoms with E-state index in [0.29, 0.717) is 5.69 Å². The van der Waals surface area contributed by atoms with Crippen LogP contribution in [0.3, 0.4) is 0 Å². The SMILES string of the molecule is CC1Cc2ccccc2N1c1ccc(NC(=O)c2ccc(C(F)(F)F)cc2)cn1. The molecule has 3 aromatic rings. The Labute approximate surface area is 166 Å². The number of amides is 1. The van der Waals surface area contributed by atoms with Gasteiger partial charge in [0.15, 0.2) is 0 Å². The van der Waals surface area contributed by atoms with Crippen molar-refractivity contribution in [1.82, 2.24) is 4.98 Å². The van der Waals surface area contributed by atoms with Crippen molar-refractivity contribution in [2.45, 2.75) is 25.6 Å². The van der Waals surface area contributed by atoms with E-state index in [0.717, 1.165) is 42.2 Å². The van der Waals surface area contributed by atoms with Gasteiger partial charge in [0.1, 0.15) is 5.82 Å². The number of para-hydroxylation sites is 1. The fourth-order valence-electron chi connectivity index (χ4n) is 3.53. The van der Waals surface area contributed by atoms with Gasteiger partial charge in [-0.05, 0) is 61.4 Å². The molecule has 0 bridgehead atoms. The summed E-state index contributed by atoms with van der Waals surface area (Å²) in [4.78, 5) is 18.9. The van der Waals surface area contributed by atoms with Crippen LogP contribution >= 0.6 is 0 Å². The third-order valence-corrected chi connectivity index (χ3v) is 4.93. The minimum Gasteiger partial charge on any atom is -0.323 e. The van der Waals surface area contributed by atoms with Gasteiger partial charge in [-0.15, -0.1) is 0 Å². The molecule has 0 radical (unpaired) electrons. The summed E-state index contributed by atoms with van der Waals surface area (Å²) in [5.41, 5.74) is 2.21. The molecule has 1 amide bonds. The third-order valence-electron chi connectivity index (χ3n) is 4.93. The summed E-state index contributed by atoms with van der Waals surface area (Å²) in [5.74, 6) is 0.281. The smallest absolute Gasteiger partial charge is 0.323 e. The van der Waals surface area contributed by atoms with Crippen LogP contribution < -0.4 is 10.2 Å². The number of carbonyl (C=O) groups excluding carboxylic acids is 1. The van der Waals surface area contributed by atoms with Crippen LogP contribution in [0.25, 0.3) is 0 Å². The number of fused-ring (bicyclic) bond motifs is 1. The highest BCUT2D eigenvalue weighted by Gasteiger charge is 2.30. The zero-order valence-corrected chi connectivity index (χ0v) is 15.6. The number of alkyl halides is 3. The van der Waals surface area contributed by atoms with E-state index in [-0.39, 0.29) is 11.6 Å². The maximum Gasteiger partial charge on any atom is 0.416 e. The Bertz CT molecular complexity index is 1030. The van der Waals surface area contributed by atoms with Crippen molar-refractivity contribution in [3.63, 3.8) is 0 Å². The molecule has 29 heavy (non-hydrogen) atoms. The molecule has 1 N–H and O–H groups in total. The van der Waals surface area contributed by atoms with Crippen LogP contribution in [-0.4, -0.2) is 16.9 Å². The fraction of sp³-hybridized carbons (Fsp3) is 0.182. The molecule has 0 aliphatic carbocycles. The maximum absolute atomic E-state index is 12.6. The van der Waals surface area contributed by atoms with Crippen LogP contribution in [-0.2, 0) is 12.6 Å². The van der Waals surface area contributed by atoms with Gasteiger partial charge < -0.3 is 10.2 Å².